The first kappa shape index (κ1) is 13.3. The minimum atomic E-state index is 0.516. The summed E-state index contributed by atoms with van der Waals surface area (Å²) < 4.78 is 0. The van der Waals surface area contributed by atoms with Crippen molar-refractivity contribution in [2.24, 2.45) is 5.10 Å². The van der Waals surface area contributed by atoms with E-state index in [4.69, 9.17) is 17.3 Å². The first-order chi connectivity index (χ1) is 9.08. The molecule has 0 amide bonds. The van der Waals surface area contributed by atoms with Crippen molar-refractivity contribution in [1.29, 1.82) is 0 Å². The van der Waals surface area contributed by atoms with Crippen LogP contribution >= 0.6 is 11.6 Å². The van der Waals surface area contributed by atoms with Gasteiger partial charge in [-0.05, 0) is 31.2 Å². The molecule has 0 bridgehead atoms. The molecule has 0 aliphatic rings. The van der Waals surface area contributed by atoms with Crippen LogP contribution in [0.4, 0.5) is 11.6 Å². The highest BCUT2D eigenvalue weighted by atomic mass is 35.5. The zero-order chi connectivity index (χ0) is 13.8. The molecule has 0 unspecified atom stereocenters. The van der Waals surface area contributed by atoms with Gasteiger partial charge in [0.2, 0.25) is 5.95 Å². The summed E-state index contributed by atoms with van der Waals surface area (Å²) in [5.74, 6) is 0.516. The Morgan fingerprint density at radius 1 is 1.32 bits per heavy atom. The van der Waals surface area contributed by atoms with E-state index in [2.05, 4.69) is 15.1 Å². The fraction of sp³-hybridized carbons (Fsp3) is 0.154. The van der Waals surface area contributed by atoms with Gasteiger partial charge in [-0.25, -0.2) is 15.0 Å². The van der Waals surface area contributed by atoms with Gasteiger partial charge >= 0.3 is 0 Å². The highest BCUT2D eigenvalue weighted by Gasteiger charge is 2.07. The summed E-state index contributed by atoms with van der Waals surface area (Å²) in [6.45, 7) is 1.86. The average molecular weight is 276 g/mol. The number of halogens is 1. The molecule has 1 aromatic carbocycles. The molecule has 0 spiro atoms. The van der Waals surface area contributed by atoms with E-state index >= 15 is 0 Å². The van der Waals surface area contributed by atoms with Gasteiger partial charge in [-0.1, -0.05) is 11.6 Å². The van der Waals surface area contributed by atoms with Crippen LogP contribution in [0, 0.1) is 0 Å². The number of benzene rings is 1. The molecule has 0 fully saturated rings. The third-order valence-corrected chi connectivity index (χ3v) is 2.78. The molecule has 0 aliphatic heterocycles. The van der Waals surface area contributed by atoms with Gasteiger partial charge in [0.25, 0.3) is 0 Å². The van der Waals surface area contributed by atoms with Crippen LogP contribution in [-0.2, 0) is 0 Å². The quantitative estimate of drug-likeness (QED) is 0.531. The second-order valence-corrected chi connectivity index (χ2v) is 4.43. The van der Waals surface area contributed by atoms with Crippen molar-refractivity contribution in [3.8, 4) is 0 Å². The molecule has 19 heavy (non-hydrogen) atoms. The van der Waals surface area contributed by atoms with Crippen molar-refractivity contribution in [1.82, 2.24) is 9.97 Å². The van der Waals surface area contributed by atoms with Gasteiger partial charge in [0.1, 0.15) is 0 Å². The van der Waals surface area contributed by atoms with E-state index < -0.39 is 0 Å². The Morgan fingerprint density at radius 2 is 2.00 bits per heavy atom. The Morgan fingerprint density at radius 3 is 2.68 bits per heavy atom. The predicted molar refractivity (Wildman–Crippen MR) is 78.5 cm³/mol. The fourth-order valence-electron chi connectivity index (χ4n) is 1.62. The van der Waals surface area contributed by atoms with Gasteiger partial charge in [0, 0.05) is 35.7 Å². The van der Waals surface area contributed by atoms with Gasteiger partial charge < -0.3 is 5.73 Å². The van der Waals surface area contributed by atoms with Crippen LogP contribution in [0.1, 0.15) is 12.5 Å². The summed E-state index contributed by atoms with van der Waals surface area (Å²) in [6.07, 6.45) is 3.33. The van der Waals surface area contributed by atoms with E-state index in [-0.39, 0.29) is 0 Å². The number of nitrogens with zero attached hydrogens (tertiary/aromatic N) is 4. The van der Waals surface area contributed by atoms with Crippen LogP contribution in [-0.4, -0.2) is 22.7 Å². The normalized spacial score (nSPS) is 11.4. The highest BCUT2D eigenvalue weighted by molar-refractivity contribution is 6.31. The van der Waals surface area contributed by atoms with E-state index in [1.165, 1.54) is 0 Å². The zero-order valence-electron chi connectivity index (χ0n) is 10.7. The van der Waals surface area contributed by atoms with E-state index in [9.17, 15) is 0 Å². The summed E-state index contributed by atoms with van der Waals surface area (Å²) in [6, 6.07) is 7.05. The molecule has 0 aliphatic carbocycles. The van der Waals surface area contributed by atoms with Crippen LogP contribution < -0.4 is 10.7 Å². The molecule has 5 nitrogen and oxygen atoms in total. The number of aromatic nitrogens is 2. The second-order valence-electron chi connectivity index (χ2n) is 3.99. The molecule has 2 N–H and O–H groups in total. The van der Waals surface area contributed by atoms with Crippen molar-refractivity contribution < 1.29 is 0 Å². The third kappa shape index (κ3) is 3.20. The van der Waals surface area contributed by atoms with Crippen LogP contribution in [0.3, 0.4) is 0 Å². The van der Waals surface area contributed by atoms with Gasteiger partial charge in [0.05, 0.1) is 5.71 Å². The van der Waals surface area contributed by atoms with E-state index in [0.29, 0.717) is 16.7 Å². The molecule has 0 radical (unpaired) electrons. The Labute approximate surface area is 116 Å². The van der Waals surface area contributed by atoms with Crippen LogP contribution in [0.25, 0.3) is 0 Å². The SMILES string of the molecule is C/C(=N\N(C)c1ncccn1)c1cc(Cl)ccc1N. The van der Waals surface area contributed by atoms with Gasteiger partial charge in [0.15, 0.2) is 0 Å². The minimum absolute atomic E-state index is 0.516. The van der Waals surface area contributed by atoms with Crippen LogP contribution in [0.2, 0.25) is 5.02 Å². The van der Waals surface area contributed by atoms with Crippen molar-refractivity contribution in [3.05, 3.63) is 47.2 Å². The monoisotopic (exact) mass is 275 g/mol. The molecule has 6 heteroatoms. The predicted octanol–water partition coefficient (Wildman–Crippen LogP) is 2.57. The first-order valence-electron chi connectivity index (χ1n) is 5.69. The lowest BCUT2D eigenvalue weighted by Crippen LogP contribution is -2.15. The maximum Gasteiger partial charge on any atom is 0.245 e. The first-order valence-corrected chi connectivity index (χ1v) is 6.07. The number of hydrogen-bond donors (Lipinski definition) is 1. The Balaban J connectivity index is 2.30. The molecular weight excluding hydrogens is 262 g/mol. The van der Waals surface area contributed by atoms with Crippen LogP contribution in [0.15, 0.2) is 41.8 Å². The lowest BCUT2D eigenvalue weighted by Gasteiger charge is -2.13. The standard InChI is InChI=1S/C13H14ClN5/c1-9(11-8-10(14)4-5-12(11)15)18-19(2)13-16-6-3-7-17-13/h3-8H,15H2,1-2H3/b18-9+. The summed E-state index contributed by atoms with van der Waals surface area (Å²) in [7, 11) is 1.78. The number of hydrogen-bond acceptors (Lipinski definition) is 5. The van der Waals surface area contributed by atoms with Crippen molar-refractivity contribution in [3.63, 3.8) is 0 Å². The lowest BCUT2D eigenvalue weighted by atomic mass is 10.1. The van der Waals surface area contributed by atoms with E-state index in [0.717, 1.165) is 11.3 Å². The average Bonchev–Trinajstić information content (AvgIpc) is 2.42. The summed E-state index contributed by atoms with van der Waals surface area (Å²) >= 11 is 5.97. The number of nitrogens with two attached hydrogens (primary N) is 1. The molecular formula is C13H14ClN5. The smallest absolute Gasteiger partial charge is 0.245 e. The molecule has 2 aromatic rings. The number of hydrazone groups is 1. The largest absolute Gasteiger partial charge is 0.398 e. The Hall–Kier alpha value is -2.14. The number of nitrogen functional groups attached to an aromatic ring is 1. The van der Waals surface area contributed by atoms with Crippen molar-refractivity contribution in [2.45, 2.75) is 6.92 Å². The maximum atomic E-state index is 5.97. The fourth-order valence-corrected chi connectivity index (χ4v) is 1.80. The Bertz CT molecular complexity index is 597. The molecule has 1 heterocycles. The molecule has 2 rings (SSSR count). The summed E-state index contributed by atoms with van der Waals surface area (Å²) in [5.41, 5.74) is 8.09. The summed E-state index contributed by atoms with van der Waals surface area (Å²) in [5, 5.41) is 6.62. The van der Waals surface area contributed by atoms with Gasteiger partial charge in [-0.2, -0.15) is 5.10 Å². The minimum Gasteiger partial charge on any atom is -0.398 e. The zero-order valence-corrected chi connectivity index (χ0v) is 11.5. The van der Waals surface area contributed by atoms with Crippen molar-refractivity contribution >= 4 is 28.9 Å². The highest BCUT2D eigenvalue weighted by Crippen LogP contribution is 2.19. The lowest BCUT2D eigenvalue weighted by molar-refractivity contribution is 0.928. The van der Waals surface area contributed by atoms with Gasteiger partial charge in [-0.15, -0.1) is 0 Å². The van der Waals surface area contributed by atoms with Crippen molar-refractivity contribution in [2.75, 3.05) is 17.8 Å². The van der Waals surface area contributed by atoms with Crippen LogP contribution in [0.5, 0.6) is 0 Å². The molecule has 0 saturated carbocycles. The Kier molecular flexibility index (Phi) is 3.97. The van der Waals surface area contributed by atoms with E-state index in [1.54, 1.807) is 48.7 Å². The van der Waals surface area contributed by atoms with E-state index in [1.807, 2.05) is 6.92 Å². The summed E-state index contributed by atoms with van der Waals surface area (Å²) in [4.78, 5) is 8.23. The van der Waals surface area contributed by atoms with Gasteiger partial charge in [-0.3, -0.25) is 0 Å². The molecule has 1 aromatic heterocycles. The molecule has 0 saturated heterocycles. The topological polar surface area (TPSA) is 67.4 Å². The third-order valence-electron chi connectivity index (χ3n) is 2.55. The maximum absolute atomic E-state index is 5.97. The molecule has 0 atom stereocenters. The number of anilines is 2. The molecule has 98 valence electrons. The number of rotatable bonds is 3. The second kappa shape index (κ2) is 5.67.